The van der Waals surface area contributed by atoms with Gasteiger partial charge in [0.05, 0.1) is 6.10 Å². The molecule has 0 saturated carbocycles. The van der Waals surface area contributed by atoms with E-state index in [4.69, 9.17) is 9.47 Å². The normalized spacial score (nSPS) is 20.5. The molecular weight excluding hydrogens is 208 g/mol. The predicted molar refractivity (Wildman–Crippen MR) is 62.7 cm³/mol. The number of ether oxygens (including phenoxy) is 2. The summed E-state index contributed by atoms with van der Waals surface area (Å²) in [5.41, 5.74) is 0. The fourth-order valence-electron chi connectivity index (χ4n) is 1.64. The van der Waals surface area contributed by atoms with Crippen molar-refractivity contribution in [1.29, 1.82) is 0 Å². The van der Waals surface area contributed by atoms with Gasteiger partial charge in [-0.15, -0.1) is 11.8 Å². The first-order chi connectivity index (χ1) is 7.38. The standard InChI is InChI=1S/C12H16O2S/c1-15-12-6-4-10(5-7-12)14-9-11-3-2-8-13-11/h4-7,11H,2-3,8-9H2,1H3. The molecule has 0 bridgehead atoms. The third kappa shape index (κ3) is 3.14. The largest absolute Gasteiger partial charge is 0.491 e. The van der Waals surface area contributed by atoms with Gasteiger partial charge in [0.15, 0.2) is 0 Å². The van der Waals surface area contributed by atoms with Crippen LogP contribution in [0.3, 0.4) is 0 Å². The van der Waals surface area contributed by atoms with Gasteiger partial charge in [-0.1, -0.05) is 0 Å². The van der Waals surface area contributed by atoms with Gasteiger partial charge in [0.1, 0.15) is 12.4 Å². The lowest BCUT2D eigenvalue weighted by Crippen LogP contribution is -2.16. The number of rotatable bonds is 4. The van der Waals surface area contributed by atoms with Gasteiger partial charge in [-0.25, -0.2) is 0 Å². The highest BCUT2D eigenvalue weighted by molar-refractivity contribution is 7.98. The first-order valence-electron chi connectivity index (χ1n) is 5.27. The van der Waals surface area contributed by atoms with Gasteiger partial charge in [-0.2, -0.15) is 0 Å². The molecule has 3 heteroatoms. The van der Waals surface area contributed by atoms with E-state index in [2.05, 4.69) is 18.4 Å². The predicted octanol–water partition coefficient (Wildman–Crippen LogP) is 2.97. The van der Waals surface area contributed by atoms with Crippen LogP contribution < -0.4 is 4.74 Å². The first-order valence-corrected chi connectivity index (χ1v) is 6.49. The van der Waals surface area contributed by atoms with Crippen molar-refractivity contribution in [3.8, 4) is 5.75 Å². The van der Waals surface area contributed by atoms with E-state index in [-0.39, 0.29) is 0 Å². The minimum absolute atomic E-state index is 0.297. The van der Waals surface area contributed by atoms with Gasteiger partial charge in [-0.05, 0) is 43.4 Å². The van der Waals surface area contributed by atoms with Crippen LogP contribution in [0.1, 0.15) is 12.8 Å². The molecule has 0 spiro atoms. The van der Waals surface area contributed by atoms with Crippen molar-refractivity contribution in [2.75, 3.05) is 19.5 Å². The Labute approximate surface area is 95.0 Å². The topological polar surface area (TPSA) is 18.5 Å². The lowest BCUT2D eigenvalue weighted by Gasteiger charge is -2.11. The summed E-state index contributed by atoms with van der Waals surface area (Å²) in [6.45, 7) is 1.57. The molecule has 1 fully saturated rings. The molecule has 2 rings (SSSR count). The van der Waals surface area contributed by atoms with Crippen LogP contribution in [0.2, 0.25) is 0 Å². The van der Waals surface area contributed by atoms with E-state index in [1.54, 1.807) is 11.8 Å². The molecule has 2 nitrogen and oxygen atoms in total. The summed E-state index contributed by atoms with van der Waals surface area (Å²) < 4.78 is 11.1. The molecule has 0 radical (unpaired) electrons. The highest BCUT2D eigenvalue weighted by atomic mass is 32.2. The van der Waals surface area contributed by atoms with E-state index < -0.39 is 0 Å². The van der Waals surface area contributed by atoms with Crippen molar-refractivity contribution < 1.29 is 9.47 Å². The monoisotopic (exact) mass is 224 g/mol. The van der Waals surface area contributed by atoms with Gasteiger partial charge in [0, 0.05) is 11.5 Å². The van der Waals surface area contributed by atoms with E-state index >= 15 is 0 Å². The van der Waals surface area contributed by atoms with Crippen LogP contribution in [0.25, 0.3) is 0 Å². The lowest BCUT2D eigenvalue weighted by atomic mass is 10.2. The van der Waals surface area contributed by atoms with Gasteiger partial charge in [0.25, 0.3) is 0 Å². The molecule has 1 heterocycles. The number of hydrogen-bond donors (Lipinski definition) is 0. The van der Waals surface area contributed by atoms with Crippen LogP contribution >= 0.6 is 11.8 Å². The number of benzene rings is 1. The van der Waals surface area contributed by atoms with E-state index in [1.165, 1.54) is 11.3 Å². The molecule has 82 valence electrons. The maximum absolute atomic E-state index is 5.66. The Hall–Kier alpha value is -0.670. The van der Waals surface area contributed by atoms with Crippen LogP contribution in [-0.2, 0) is 4.74 Å². The van der Waals surface area contributed by atoms with Crippen LogP contribution in [0.15, 0.2) is 29.2 Å². The zero-order valence-corrected chi connectivity index (χ0v) is 9.76. The van der Waals surface area contributed by atoms with E-state index in [1.807, 2.05) is 12.1 Å². The molecule has 1 atom stereocenters. The molecule has 1 saturated heterocycles. The van der Waals surface area contributed by atoms with Crippen molar-refractivity contribution >= 4 is 11.8 Å². The minimum atomic E-state index is 0.297. The van der Waals surface area contributed by atoms with Crippen molar-refractivity contribution in [1.82, 2.24) is 0 Å². The lowest BCUT2D eigenvalue weighted by molar-refractivity contribution is 0.0679. The van der Waals surface area contributed by atoms with Crippen molar-refractivity contribution in [3.63, 3.8) is 0 Å². The van der Waals surface area contributed by atoms with Crippen molar-refractivity contribution in [2.24, 2.45) is 0 Å². The Morgan fingerprint density at radius 3 is 2.80 bits per heavy atom. The Morgan fingerprint density at radius 2 is 2.20 bits per heavy atom. The molecule has 0 N–H and O–H groups in total. The highest BCUT2D eigenvalue weighted by Gasteiger charge is 2.15. The van der Waals surface area contributed by atoms with Crippen LogP contribution in [0.4, 0.5) is 0 Å². The van der Waals surface area contributed by atoms with E-state index in [0.29, 0.717) is 12.7 Å². The van der Waals surface area contributed by atoms with Crippen LogP contribution in [0.5, 0.6) is 5.75 Å². The van der Waals surface area contributed by atoms with E-state index in [0.717, 1.165) is 18.8 Å². The molecular formula is C12H16O2S. The third-order valence-corrected chi connectivity index (χ3v) is 3.26. The zero-order valence-electron chi connectivity index (χ0n) is 8.94. The average Bonchev–Trinajstić information content (AvgIpc) is 2.80. The van der Waals surface area contributed by atoms with Crippen molar-refractivity contribution in [2.45, 2.75) is 23.8 Å². The summed E-state index contributed by atoms with van der Waals surface area (Å²) >= 11 is 1.74. The fourth-order valence-corrected chi connectivity index (χ4v) is 2.05. The molecule has 1 unspecified atom stereocenters. The van der Waals surface area contributed by atoms with Crippen LogP contribution in [0, 0.1) is 0 Å². The molecule has 1 aromatic carbocycles. The van der Waals surface area contributed by atoms with Gasteiger partial charge in [0.2, 0.25) is 0 Å². The van der Waals surface area contributed by atoms with Gasteiger partial charge < -0.3 is 9.47 Å². The second-order valence-electron chi connectivity index (χ2n) is 3.62. The third-order valence-electron chi connectivity index (χ3n) is 2.52. The maximum atomic E-state index is 5.66. The molecule has 0 aliphatic carbocycles. The molecule has 1 aliphatic rings. The molecule has 0 aromatic heterocycles. The summed E-state index contributed by atoms with van der Waals surface area (Å²) in [5, 5.41) is 0. The minimum Gasteiger partial charge on any atom is -0.491 e. The fraction of sp³-hybridized carbons (Fsp3) is 0.500. The Balaban J connectivity index is 1.82. The maximum Gasteiger partial charge on any atom is 0.119 e. The summed E-state index contributed by atoms with van der Waals surface area (Å²) in [7, 11) is 0. The van der Waals surface area contributed by atoms with Crippen LogP contribution in [-0.4, -0.2) is 25.6 Å². The molecule has 0 amide bonds. The number of hydrogen-bond acceptors (Lipinski definition) is 3. The Bertz CT molecular complexity index is 291. The number of thioether (sulfide) groups is 1. The van der Waals surface area contributed by atoms with Crippen molar-refractivity contribution in [3.05, 3.63) is 24.3 Å². The molecule has 1 aromatic rings. The second kappa shape index (κ2) is 5.42. The summed E-state index contributed by atoms with van der Waals surface area (Å²) in [4.78, 5) is 1.26. The van der Waals surface area contributed by atoms with E-state index in [9.17, 15) is 0 Å². The Morgan fingerprint density at radius 1 is 1.40 bits per heavy atom. The summed E-state index contributed by atoms with van der Waals surface area (Å²) in [5.74, 6) is 0.934. The quantitative estimate of drug-likeness (QED) is 0.733. The van der Waals surface area contributed by atoms with Gasteiger partial charge in [-0.3, -0.25) is 0 Å². The SMILES string of the molecule is CSc1ccc(OCC2CCCO2)cc1. The molecule has 1 aliphatic heterocycles. The highest BCUT2D eigenvalue weighted by Crippen LogP contribution is 2.20. The molecule has 15 heavy (non-hydrogen) atoms. The Kier molecular flexibility index (Phi) is 3.92. The summed E-state index contributed by atoms with van der Waals surface area (Å²) in [6.07, 6.45) is 4.66. The summed E-state index contributed by atoms with van der Waals surface area (Å²) in [6, 6.07) is 8.19. The van der Waals surface area contributed by atoms with Gasteiger partial charge >= 0.3 is 0 Å². The zero-order chi connectivity index (χ0) is 10.5. The average molecular weight is 224 g/mol. The second-order valence-corrected chi connectivity index (χ2v) is 4.50. The smallest absolute Gasteiger partial charge is 0.119 e. The first kappa shape index (κ1) is 10.8.